The van der Waals surface area contributed by atoms with Crippen LogP contribution in [0.2, 0.25) is 0 Å². The predicted octanol–water partition coefficient (Wildman–Crippen LogP) is 1.71. The van der Waals surface area contributed by atoms with Crippen LogP contribution in [-0.2, 0) is 27.7 Å². The molecule has 0 saturated carbocycles. The average molecular weight is 342 g/mol. The van der Waals surface area contributed by atoms with Crippen LogP contribution >= 0.6 is 11.5 Å². The van der Waals surface area contributed by atoms with Crippen LogP contribution in [0.1, 0.15) is 11.4 Å². The fourth-order valence-corrected chi connectivity index (χ4v) is 2.92. The topological polar surface area (TPSA) is 93.2 Å². The van der Waals surface area contributed by atoms with E-state index >= 15 is 0 Å². The molecule has 0 aliphatic rings. The van der Waals surface area contributed by atoms with Gasteiger partial charge >= 0.3 is 0 Å². The third kappa shape index (κ3) is 5.58. The Morgan fingerprint density at radius 3 is 2.91 bits per heavy atom. The smallest absolute Gasteiger partial charge is 0.229 e. The van der Waals surface area contributed by atoms with Gasteiger partial charge in [-0.1, -0.05) is 12.1 Å². The van der Waals surface area contributed by atoms with E-state index in [0.29, 0.717) is 25.3 Å². The minimum Gasteiger partial charge on any atom is -0.384 e. The zero-order valence-electron chi connectivity index (χ0n) is 12.4. The first-order valence-electron chi connectivity index (χ1n) is 6.58. The molecule has 0 atom stereocenters. The van der Waals surface area contributed by atoms with Gasteiger partial charge in [0.15, 0.2) is 0 Å². The molecule has 0 amide bonds. The number of nitrogens with zero attached hydrogens (tertiary/aromatic N) is 2. The van der Waals surface area contributed by atoms with Crippen molar-refractivity contribution in [3.05, 3.63) is 35.7 Å². The monoisotopic (exact) mass is 342 g/mol. The van der Waals surface area contributed by atoms with Gasteiger partial charge in [0, 0.05) is 37.3 Å². The highest BCUT2D eigenvalue weighted by atomic mass is 32.2. The molecule has 0 aliphatic carbocycles. The van der Waals surface area contributed by atoms with Gasteiger partial charge in [-0.2, -0.15) is 4.37 Å². The van der Waals surface area contributed by atoms with Crippen molar-refractivity contribution < 1.29 is 13.2 Å². The van der Waals surface area contributed by atoms with Crippen molar-refractivity contribution in [2.45, 2.75) is 13.0 Å². The average Bonchev–Trinajstić information content (AvgIpc) is 2.89. The molecular weight excluding hydrogens is 324 g/mol. The van der Waals surface area contributed by atoms with Gasteiger partial charge < -0.3 is 10.1 Å². The van der Waals surface area contributed by atoms with Crippen molar-refractivity contribution in [1.82, 2.24) is 9.36 Å². The maximum Gasteiger partial charge on any atom is 0.229 e. The van der Waals surface area contributed by atoms with Gasteiger partial charge in [0.25, 0.3) is 0 Å². The minimum absolute atomic E-state index is 0.540. The van der Waals surface area contributed by atoms with Gasteiger partial charge in [0.05, 0.1) is 12.9 Å². The number of anilines is 2. The summed E-state index contributed by atoms with van der Waals surface area (Å²) in [4.78, 5) is 4.35. The van der Waals surface area contributed by atoms with Crippen LogP contribution in [0.3, 0.4) is 0 Å². The summed E-state index contributed by atoms with van der Waals surface area (Å²) in [7, 11) is -1.63. The Labute approximate surface area is 134 Å². The van der Waals surface area contributed by atoms with E-state index in [1.807, 2.05) is 6.07 Å². The summed E-state index contributed by atoms with van der Waals surface area (Å²) in [5.74, 6) is 0.752. The molecule has 1 heterocycles. The number of benzene rings is 1. The number of rotatable bonds is 8. The zero-order chi connectivity index (χ0) is 16.0. The highest BCUT2D eigenvalue weighted by Crippen LogP contribution is 2.16. The number of ether oxygens (including phenoxy) is 1. The maximum absolute atomic E-state index is 11.2. The Hall–Kier alpha value is -1.71. The van der Waals surface area contributed by atoms with Crippen LogP contribution in [0.4, 0.5) is 10.8 Å². The van der Waals surface area contributed by atoms with Crippen molar-refractivity contribution in [3.8, 4) is 0 Å². The van der Waals surface area contributed by atoms with Crippen LogP contribution in [0, 0.1) is 0 Å². The van der Waals surface area contributed by atoms with Crippen molar-refractivity contribution >= 4 is 32.4 Å². The molecule has 0 radical (unpaired) electrons. The highest BCUT2D eigenvalue weighted by molar-refractivity contribution is 7.92. The SMILES string of the molecule is COCCc1nsc(NCc2cccc(NS(C)(=O)=O)c2)n1. The first-order valence-corrected chi connectivity index (χ1v) is 9.25. The summed E-state index contributed by atoms with van der Waals surface area (Å²) in [6.07, 6.45) is 1.81. The van der Waals surface area contributed by atoms with Crippen LogP contribution in [-0.4, -0.2) is 37.7 Å². The van der Waals surface area contributed by atoms with Crippen LogP contribution < -0.4 is 10.0 Å². The number of nitrogens with one attached hydrogen (secondary N) is 2. The van der Waals surface area contributed by atoms with Crippen LogP contribution in [0.25, 0.3) is 0 Å². The fraction of sp³-hybridized carbons (Fsp3) is 0.385. The molecule has 0 unspecified atom stereocenters. The molecule has 7 nitrogen and oxygen atoms in total. The van der Waals surface area contributed by atoms with Gasteiger partial charge in [0.2, 0.25) is 15.2 Å². The Bertz CT molecular complexity index is 716. The Morgan fingerprint density at radius 1 is 1.36 bits per heavy atom. The van der Waals surface area contributed by atoms with E-state index in [-0.39, 0.29) is 0 Å². The Balaban J connectivity index is 1.94. The van der Waals surface area contributed by atoms with E-state index in [4.69, 9.17) is 4.74 Å². The van der Waals surface area contributed by atoms with Crippen LogP contribution in [0.5, 0.6) is 0 Å². The molecule has 0 spiro atoms. The molecule has 0 saturated heterocycles. The second-order valence-corrected chi connectivity index (χ2v) is 7.19. The van der Waals surface area contributed by atoms with E-state index in [2.05, 4.69) is 19.4 Å². The summed E-state index contributed by atoms with van der Waals surface area (Å²) >= 11 is 1.29. The number of methoxy groups -OCH3 is 1. The predicted molar refractivity (Wildman–Crippen MR) is 87.7 cm³/mol. The third-order valence-corrected chi connectivity index (χ3v) is 3.99. The molecule has 2 rings (SSSR count). The van der Waals surface area contributed by atoms with Crippen molar-refractivity contribution in [1.29, 1.82) is 0 Å². The van der Waals surface area contributed by atoms with E-state index in [1.165, 1.54) is 11.5 Å². The molecule has 1 aromatic carbocycles. The van der Waals surface area contributed by atoms with Crippen molar-refractivity contribution in [2.75, 3.05) is 30.0 Å². The normalized spacial score (nSPS) is 11.4. The lowest BCUT2D eigenvalue weighted by Crippen LogP contribution is -2.10. The summed E-state index contributed by atoms with van der Waals surface area (Å²) in [6, 6.07) is 7.20. The summed E-state index contributed by atoms with van der Waals surface area (Å²) in [5, 5.41) is 3.90. The largest absolute Gasteiger partial charge is 0.384 e. The van der Waals surface area contributed by atoms with Gasteiger partial charge in [-0.25, -0.2) is 13.4 Å². The van der Waals surface area contributed by atoms with Gasteiger partial charge in [-0.3, -0.25) is 4.72 Å². The molecular formula is C13H18N4O3S2. The van der Waals surface area contributed by atoms with Gasteiger partial charge in [-0.05, 0) is 17.7 Å². The number of sulfonamides is 1. The molecule has 0 fully saturated rings. The molecule has 22 heavy (non-hydrogen) atoms. The summed E-state index contributed by atoms with van der Waals surface area (Å²) in [6.45, 7) is 1.13. The molecule has 1 aromatic heterocycles. The van der Waals surface area contributed by atoms with E-state index < -0.39 is 10.0 Å². The highest BCUT2D eigenvalue weighted by Gasteiger charge is 2.05. The second kappa shape index (κ2) is 7.52. The number of hydrogen-bond acceptors (Lipinski definition) is 7. The van der Waals surface area contributed by atoms with Crippen molar-refractivity contribution in [3.63, 3.8) is 0 Å². The van der Waals surface area contributed by atoms with E-state index in [1.54, 1.807) is 25.3 Å². The maximum atomic E-state index is 11.2. The standard InChI is InChI=1S/C13H18N4O3S2/c1-20-7-6-12-15-13(21-16-12)14-9-10-4-3-5-11(8-10)17-22(2,18)19/h3-5,8,17H,6-7,9H2,1-2H3,(H,14,15,16). The molecule has 2 aromatic rings. The zero-order valence-corrected chi connectivity index (χ0v) is 14.0. The van der Waals surface area contributed by atoms with Crippen LogP contribution in [0.15, 0.2) is 24.3 Å². The summed E-state index contributed by atoms with van der Waals surface area (Å²) < 4.78 is 34.1. The summed E-state index contributed by atoms with van der Waals surface area (Å²) in [5.41, 5.74) is 1.49. The Kier molecular flexibility index (Phi) is 5.69. The molecule has 120 valence electrons. The van der Waals surface area contributed by atoms with E-state index in [9.17, 15) is 8.42 Å². The van der Waals surface area contributed by atoms with Crippen molar-refractivity contribution in [2.24, 2.45) is 0 Å². The lowest BCUT2D eigenvalue weighted by molar-refractivity contribution is 0.201. The van der Waals surface area contributed by atoms with E-state index in [0.717, 1.165) is 22.8 Å². The van der Waals surface area contributed by atoms with Gasteiger partial charge in [0.1, 0.15) is 5.82 Å². The minimum atomic E-state index is -3.27. The number of hydrogen-bond donors (Lipinski definition) is 2. The molecule has 2 N–H and O–H groups in total. The fourth-order valence-electron chi connectivity index (χ4n) is 1.76. The van der Waals surface area contributed by atoms with Gasteiger partial charge in [-0.15, -0.1) is 0 Å². The lowest BCUT2D eigenvalue weighted by Gasteiger charge is -2.07. The third-order valence-electron chi connectivity index (χ3n) is 2.67. The molecule has 0 bridgehead atoms. The quantitative estimate of drug-likeness (QED) is 0.758. The second-order valence-electron chi connectivity index (χ2n) is 4.69. The lowest BCUT2D eigenvalue weighted by atomic mass is 10.2. The molecule has 9 heteroatoms. The molecule has 0 aliphatic heterocycles. The first-order chi connectivity index (χ1) is 10.5. The Morgan fingerprint density at radius 2 is 2.18 bits per heavy atom. The first kappa shape index (κ1) is 16.7. The number of aromatic nitrogens is 2.